The summed E-state index contributed by atoms with van der Waals surface area (Å²) in [6.07, 6.45) is 12.7. The van der Waals surface area contributed by atoms with E-state index in [4.69, 9.17) is 0 Å². The predicted octanol–water partition coefficient (Wildman–Crippen LogP) is 11.7. The molecular formula is C46H34N2O. The molecule has 0 saturated heterocycles. The first-order chi connectivity index (χ1) is 24.1. The molecule has 2 heterocycles. The van der Waals surface area contributed by atoms with Crippen LogP contribution in [0.15, 0.2) is 140 Å². The predicted molar refractivity (Wildman–Crippen MR) is 207 cm³/mol. The summed E-state index contributed by atoms with van der Waals surface area (Å²) in [4.78, 5) is 14.3. The van der Waals surface area contributed by atoms with Gasteiger partial charge in [-0.15, -0.1) is 0 Å². The Balaban J connectivity index is 1.17. The molecule has 9 rings (SSSR count). The molecule has 0 unspecified atom stereocenters. The molecule has 1 aliphatic carbocycles. The average Bonchev–Trinajstić information content (AvgIpc) is 3.65. The van der Waals surface area contributed by atoms with Crippen LogP contribution < -0.4 is 0 Å². The Bertz CT molecular complexity index is 2710. The van der Waals surface area contributed by atoms with Crippen LogP contribution >= 0.6 is 0 Å². The summed E-state index contributed by atoms with van der Waals surface area (Å²) < 4.78 is 4.56. The lowest BCUT2D eigenvalue weighted by Gasteiger charge is -2.14. The van der Waals surface area contributed by atoms with Crippen molar-refractivity contribution in [3.05, 3.63) is 173 Å². The molecule has 0 saturated carbocycles. The van der Waals surface area contributed by atoms with E-state index in [1.54, 1.807) is 0 Å². The molecule has 2 aromatic heterocycles. The molecule has 0 aliphatic heterocycles. The molecule has 0 spiro atoms. The van der Waals surface area contributed by atoms with Gasteiger partial charge in [0.25, 0.3) is 0 Å². The molecule has 8 aromatic rings. The van der Waals surface area contributed by atoms with Crippen LogP contribution in [-0.2, 0) is 6.42 Å². The van der Waals surface area contributed by atoms with Gasteiger partial charge in [-0.05, 0) is 103 Å². The zero-order valence-corrected chi connectivity index (χ0v) is 27.4. The van der Waals surface area contributed by atoms with Crippen LogP contribution in [-0.4, -0.2) is 14.9 Å². The van der Waals surface area contributed by atoms with E-state index in [0.717, 1.165) is 57.4 Å². The summed E-state index contributed by atoms with van der Waals surface area (Å²) in [5, 5.41) is 4.81. The van der Waals surface area contributed by atoms with Crippen molar-refractivity contribution in [3.63, 3.8) is 0 Å². The summed E-state index contributed by atoms with van der Waals surface area (Å²) in [5.74, 6) is -0.00676. The van der Waals surface area contributed by atoms with Crippen molar-refractivity contribution in [1.29, 1.82) is 0 Å². The molecule has 0 bridgehead atoms. The standard InChI is InChI=1S/C46H34N2O/c1-3-13-31-26-40-38-20-7-9-22-42(38)47(44(40)28-30(31)4-2)36-18-11-16-34(24-36)46(49)35-17-12-19-37(25-35)48-43-23-10-8-21-39(43)41-27-32-14-5-6-15-33(32)29-45(41)48/h3-4,6-13,15-29H,2,5,14H2,1H3/b13-3-. The molecular weight excluding hydrogens is 597 g/mol. The molecule has 0 amide bonds. The van der Waals surface area contributed by atoms with Crippen molar-refractivity contribution in [2.24, 2.45) is 0 Å². The molecule has 0 atom stereocenters. The number of carbonyl (C=O) groups excluding carboxylic acids is 1. The number of rotatable bonds is 6. The van der Waals surface area contributed by atoms with Gasteiger partial charge in [0.2, 0.25) is 0 Å². The Morgan fingerprint density at radius 1 is 0.633 bits per heavy atom. The number of aryl methyl sites for hydroxylation is 1. The number of allylic oxidation sites excluding steroid dienone is 2. The van der Waals surface area contributed by atoms with E-state index in [1.165, 1.54) is 32.7 Å². The number of ketones is 1. The normalized spacial score (nSPS) is 12.8. The minimum absolute atomic E-state index is 0.00676. The third-order valence-corrected chi connectivity index (χ3v) is 9.99. The van der Waals surface area contributed by atoms with E-state index in [-0.39, 0.29) is 5.78 Å². The maximum atomic E-state index is 14.3. The third-order valence-electron chi connectivity index (χ3n) is 9.99. The lowest BCUT2D eigenvalue weighted by Crippen LogP contribution is -2.05. The molecule has 49 heavy (non-hydrogen) atoms. The zero-order chi connectivity index (χ0) is 33.1. The Hall–Kier alpha value is -6.19. The smallest absolute Gasteiger partial charge is 0.193 e. The fourth-order valence-electron chi connectivity index (χ4n) is 7.74. The van der Waals surface area contributed by atoms with Crippen molar-refractivity contribution in [2.45, 2.75) is 19.8 Å². The van der Waals surface area contributed by atoms with Crippen LogP contribution in [0.1, 0.15) is 51.5 Å². The Kier molecular flexibility index (Phi) is 6.80. The molecule has 0 radical (unpaired) electrons. The van der Waals surface area contributed by atoms with E-state index in [9.17, 15) is 4.79 Å². The first kappa shape index (κ1) is 29.0. The number of nitrogens with zero attached hydrogens (tertiary/aromatic N) is 2. The highest BCUT2D eigenvalue weighted by Gasteiger charge is 2.19. The van der Waals surface area contributed by atoms with Gasteiger partial charge in [0, 0.05) is 44.0 Å². The lowest BCUT2D eigenvalue weighted by molar-refractivity contribution is 0.103. The van der Waals surface area contributed by atoms with Gasteiger partial charge < -0.3 is 9.13 Å². The second-order valence-corrected chi connectivity index (χ2v) is 12.8. The molecule has 3 heteroatoms. The summed E-state index contributed by atoms with van der Waals surface area (Å²) in [6.45, 7) is 6.13. The highest BCUT2D eigenvalue weighted by Crippen LogP contribution is 2.37. The second-order valence-electron chi connectivity index (χ2n) is 12.8. The minimum atomic E-state index is -0.00676. The van der Waals surface area contributed by atoms with Crippen LogP contribution in [0.3, 0.4) is 0 Å². The van der Waals surface area contributed by atoms with Crippen LogP contribution in [0.5, 0.6) is 0 Å². The van der Waals surface area contributed by atoms with Crippen LogP contribution in [0.2, 0.25) is 0 Å². The first-order valence-electron chi connectivity index (χ1n) is 16.9. The van der Waals surface area contributed by atoms with E-state index in [1.807, 2.05) is 49.4 Å². The van der Waals surface area contributed by atoms with Crippen molar-refractivity contribution in [1.82, 2.24) is 9.13 Å². The first-order valence-corrected chi connectivity index (χ1v) is 16.9. The molecule has 6 aromatic carbocycles. The fraction of sp³-hybridized carbons (Fsp3) is 0.0652. The SMILES string of the molecule is C=Cc1cc2c(cc1/C=C\C)c1ccccc1n2-c1cccc(C(=O)c2cccc(-n3c4ccccc4c4cc5c(cc43)C=CCC5)c2)c1. The van der Waals surface area contributed by atoms with Gasteiger partial charge in [-0.25, -0.2) is 0 Å². The van der Waals surface area contributed by atoms with Gasteiger partial charge >= 0.3 is 0 Å². The minimum Gasteiger partial charge on any atom is -0.309 e. The summed E-state index contributed by atoms with van der Waals surface area (Å²) >= 11 is 0. The fourth-order valence-corrected chi connectivity index (χ4v) is 7.74. The quantitative estimate of drug-likeness (QED) is 0.168. The number of fused-ring (bicyclic) bond motifs is 7. The van der Waals surface area contributed by atoms with Crippen molar-refractivity contribution in [3.8, 4) is 11.4 Å². The number of benzene rings is 6. The van der Waals surface area contributed by atoms with E-state index in [0.29, 0.717) is 11.1 Å². The van der Waals surface area contributed by atoms with Crippen LogP contribution in [0.25, 0.3) is 73.2 Å². The van der Waals surface area contributed by atoms with Gasteiger partial charge in [0.1, 0.15) is 0 Å². The highest BCUT2D eigenvalue weighted by atomic mass is 16.1. The van der Waals surface area contributed by atoms with Gasteiger partial charge in [0.15, 0.2) is 5.78 Å². The number of hydrogen-bond donors (Lipinski definition) is 0. The number of carbonyl (C=O) groups is 1. The van der Waals surface area contributed by atoms with Crippen molar-refractivity contribution in [2.75, 3.05) is 0 Å². The largest absolute Gasteiger partial charge is 0.309 e. The van der Waals surface area contributed by atoms with E-state index < -0.39 is 0 Å². The van der Waals surface area contributed by atoms with Crippen LogP contribution in [0.4, 0.5) is 0 Å². The lowest BCUT2D eigenvalue weighted by atomic mass is 9.95. The Labute approximate surface area is 285 Å². The maximum absolute atomic E-state index is 14.3. The number of hydrogen-bond acceptors (Lipinski definition) is 1. The maximum Gasteiger partial charge on any atom is 0.193 e. The molecule has 1 aliphatic rings. The average molecular weight is 631 g/mol. The summed E-state index contributed by atoms with van der Waals surface area (Å²) in [5.41, 5.74) is 12.6. The molecule has 0 fully saturated rings. The third kappa shape index (κ3) is 4.62. The topological polar surface area (TPSA) is 26.9 Å². The Morgan fingerprint density at radius 3 is 1.88 bits per heavy atom. The Morgan fingerprint density at radius 2 is 1.24 bits per heavy atom. The highest BCUT2D eigenvalue weighted by molar-refractivity contribution is 6.13. The molecule has 234 valence electrons. The van der Waals surface area contributed by atoms with Crippen LogP contribution in [0, 0.1) is 0 Å². The van der Waals surface area contributed by atoms with Gasteiger partial charge in [0.05, 0.1) is 22.1 Å². The van der Waals surface area contributed by atoms with E-state index >= 15 is 0 Å². The monoisotopic (exact) mass is 630 g/mol. The zero-order valence-electron chi connectivity index (χ0n) is 27.4. The summed E-state index contributed by atoms with van der Waals surface area (Å²) in [6, 6.07) is 42.2. The van der Waals surface area contributed by atoms with Gasteiger partial charge in [-0.1, -0.05) is 97.6 Å². The number of aromatic nitrogens is 2. The summed E-state index contributed by atoms with van der Waals surface area (Å²) in [7, 11) is 0. The van der Waals surface area contributed by atoms with Crippen molar-refractivity contribution < 1.29 is 4.79 Å². The second kappa shape index (κ2) is 11.5. The van der Waals surface area contributed by atoms with E-state index in [2.05, 4.69) is 125 Å². The number of para-hydroxylation sites is 2. The molecule has 0 N–H and O–H groups in total. The molecule has 3 nitrogen and oxygen atoms in total. The van der Waals surface area contributed by atoms with Gasteiger partial charge in [-0.3, -0.25) is 4.79 Å². The van der Waals surface area contributed by atoms with Gasteiger partial charge in [-0.2, -0.15) is 0 Å². The van der Waals surface area contributed by atoms with Crippen molar-refractivity contribution >= 4 is 67.6 Å².